The second kappa shape index (κ2) is 5.07. The summed E-state index contributed by atoms with van der Waals surface area (Å²) < 4.78 is 36.9. The van der Waals surface area contributed by atoms with Crippen molar-refractivity contribution in [1.29, 1.82) is 0 Å². The highest BCUT2D eigenvalue weighted by Gasteiger charge is 2.23. The molecule has 2 unspecified atom stereocenters. The van der Waals surface area contributed by atoms with Crippen molar-refractivity contribution < 1.29 is 17.8 Å². The SMILES string of the molecule is Fc1cc(F)c(C2CCO[PH](=S)O2)cc1Cl. The summed E-state index contributed by atoms with van der Waals surface area (Å²) >= 11 is 10.5. The molecule has 0 amide bonds. The first kappa shape index (κ1) is 12.4. The fraction of sp³-hybridized carbons (Fsp3) is 0.333. The summed E-state index contributed by atoms with van der Waals surface area (Å²) in [6, 6.07) is 2.00. The van der Waals surface area contributed by atoms with Crippen LogP contribution >= 0.6 is 18.8 Å². The van der Waals surface area contributed by atoms with Gasteiger partial charge in [-0.25, -0.2) is 8.78 Å². The third-order valence-corrected chi connectivity index (χ3v) is 4.07. The second-order valence-corrected chi connectivity index (χ2v) is 5.71. The molecule has 0 aromatic heterocycles. The molecule has 2 nitrogen and oxygen atoms in total. The monoisotopic (exact) mass is 284 g/mol. The van der Waals surface area contributed by atoms with Crippen molar-refractivity contribution in [1.82, 2.24) is 0 Å². The Morgan fingerprint density at radius 3 is 2.81 bits per heavy atom. The smallest absolute Gasteiger partial charge is 0.176 e. The summed E-state index contributed by atoms with van der Waals surface area (Å²) in [5.41, 5.74) is 0.238. The first-order valence-corrected chi connectivity index (χ1v) is 7.38. The second-order valence-electron chi connectivity index (χ2n) is 3.28. The van der Waals surface area contributed by atoms with E-state index in [4.69, 9.17) is 32.5 Å². The van der Waals surface area contributed by atoms with Gasteiger partial charge in [0.15, 0.2) is 7.15 Å². The van der Waals surface area contributed by atoms with Crippen LogP contribution in [0.4, 0.5) is 8.78 Å². The van der Waals surface area contributed by atoms with Crippen molar-refractivity contribution in [3.63, 3.8) is 0 Å². The quantitative estimate of drug-likeness (QED) is 0.580. The van der Waals surface area contributed by atoms with Crippen molar-refractivity contribution in [2.75, 3.05) is 6.61 Å². The average molecular weight is 285 g/mol. The molecule has 1 aromatic rings. The molecule has 0 aliphatic carbocycles. The lowest BCUT2D eigenvalue weighted by atomic mass is 10.1. The van der Waals surface area contributed by atoms with Gasteiger partial charge in [0.25, 0.3) is 0 Å². The van der Waals surface area contributed by atoms with E-state index in [2.05, 4.69) is 0 Å². The number of hydrogen-bond acceptors (Lipinski definition) is 3. The number of benzene rings is 1. The van der Waals surface area contributed by atoms with Crippen LogP contribution in [0, 0.1) is 11.6 Å². The zero-order valence-electron chi connectivity index (χ0n) is 8.00. The van der Waals surface area contributed by atoms with Crippen LogP contribution in [-0.2, 0) is 20.9 Å². The molecule has 0 spiro atoms. The maximum absolute atomic E-state index is 13.5. The Labute approximate surface area is 102 Å². The van der Waals surface area contributed by atoms with Crippen LogP contribution in [0.5, 0.6) is 0 Å². The lowest BCUT2D eigenvalue weighted by molar-refractivity contribution is 0.116. The third kappa shape index (κ3) is 2.60. The number of hydrogen-bond donors (Lipinski definition) is 0. The van der Waals surface area contributed by atoms with Gasteiger partial charge in [-0.1, -0.05) is 11.6 Å². The van der Waals surface area contributed by atoms with E-state index >= 15 is 0 Å². The van der Waals surface area contributed by atoms with Gasteiger partial charge < -0.3 is 9.05 Å². The highest BCUT2D eigenvalue weighted by Crippen LogP contribution is 2.41. The minimum Gasteiger partial charge on any atom is -0.331 e. The molecule has 1 heterocycles. The van der Waals surface area contributed by atoms with Crippen LogP contribution in [0.3, 0.4) is 0 Å². The standard InChI is InChI=1S/C9H8ClF2O2PS/c10-6-3-5(7(11)4-8(6)12)9-1-2-13-15(16)14-9/h3-4,9,15H,1-2H2. The molecule has 1 aliphatic rings. The topological polar surface area (TPSA) is 18.5 Å². The van der Waals surface area contributed by atoms with Gasteiger partial charge in [-0.2, -0.15) is 0 Å². The fourth-order valence-electron chi connectivity index (χ4n) is 1.46. The number of rotatable bonds is 1. The minimum atomic E-state index is -1.75. The molecular weight excluding hydrogens is 277 g/mol. The molecule has 1 fully saturated rings. The highest BCUT2D eigenvalue weighted by atomic mass is 35.5. The molecule has 16 heavy (non-hydrogen) atoms. The van der Waals surface area contributed by atoms with Crippen LogP contribution < -0.4 is 0 Å². The van der Waals surface area contributed by atoms with E-state index in [1.54, 1.807) is 0 Å². The van der Waals surface area contributed by atoms with Gasteiger partial charge in [0.1, 0.15) is 11.6 Å². The molecular formula is C9H8ClF2O2PS. The molecule has 2 rings (SSSR count). The van der Waals surface area contributed by atoms with E-state index in [9.17, 15) is 8.78 Å². The van der Waals surface area contributed by atoms with Gasteiger partial charge in [0, 0.05) is 18.1 Å². The third-order valence-electron chi connectivity index (χ3n) is 2.22. The van der Waals surface area contributed by atoms with Crippen molar-refractivity contribution in [2.45, 2.75) is 12.5 Å². The predicted molar refractivity (Wildman–Crippen MR) is 61.4 cm³/mol. The van der Waals surface area contributed by atoms with Gasteiger partial charge in [0.05, 0.1) is 17.7 Å². The summed E-state index contributed by atoms with van der Waals surface area (Å²) in [6.07, 6.45) is 0.00203. The van der Waals surface area contributed by atoms with Crippen LogP contribution in [0.1, 0.15) is 18.1 Å². The molecule has 1 saturated heterocycles. The molecule has 0 N–H and O–H groups in total. The Hall–Kier alpha value is -0.0600. The molecule has 7 heteroatoms. The Morgan fingerprint density at radius 1 is 1.38 bits per heavy atom. The van der Waals surface area contributed by atoms with Gasteiger partial charge in [0.2, 0.25) is 0 Å². The van der Waals surface area contributed by atoms with Crippen LogP contribution in [-0.4, -0.2) is 6.61 Å². The van der Waals surface area contributed by atoms with E-state index in [1.165, 1.54) is 6.07 Å². The number of halogens is 3. The van der Waals surface area contributed by atoms with E-state index < -0.39 is 24.9 Å². The summed E-state index contributed by atoms with van der Waals surface area (Å²) in [4.78, 5) is 0. The molecule has 0 radical (unpaired) electrons. The molecule has 1 aliphatic heterocycles. The first-order valence-electron chi connectivity index (χ1n) is 4.56. The first-order chi connectivity index (χ1) is 7.58. The van der Waals surface area contributed by atoms with E-state index in [1.807, 2.05) is 0 Å². The molecule has 1 aromatic carbocycles. The maximum Gasteiger partial charge on any atom is 0.176 e. The Bertz CT molecular complexity index is 444. The summed E-state index contributed by atoms with van der Waals surface area (Å²) in [5.74, 6) is -1.45. The summed E-state index contributed by atoms with van der Waals surface area (Å²) in [6.45, 7) is 0.427. The molecule has 0 saturated carbocycles. The lowest BCUT2D eigenvalue weighted by Gasteiger charge is -2.24. The predicted octanol–water partition coefficient (Wildman–Crippen LogP) is 3.60. The van der Waals surface area contributed by atoms with Crippen LogP contribution in [0.2, 0.25) is 5.02 Å². The molecule has 0 bridgehead atoms. The van der Waals surface area contributed by atoms with Crippen molar-refractivity contribution in [3.05, 3.63) is 34.4 Å². The largest absolute Gasteiger partial charge is 0.331 e. The van der Waals surface area contributed by atoms with Gasteiger partial charge in [-0.05, 0) is 17.9 Å². The van der Waals surface area contributed by atoms with Gasteiger partial charge >= 0.3 is 0 Å². The van der Waals surface area contributed by atoms with Crippen LogP contribution in [0.25, 0.3) is 0 Å². The maximum atomic E-state index is 13.5. The Balaban J connectivity index is 2.32. The Morgan fingerprint density at radius 2 is 2.12 bits per heavy atom. The zero-order chi connectivity index (χ0) is 11.7. The minimum absolute atomic E-state index is 0.121. The van der Waals surface area contributed by atoms with Crippen molar-refractivity contribution >= 4 is 30.6 Å². The lowest BCUT2D eigenvalue weighted by Crippen LogP contribution is -2.11. The van der Waals surface area contributed by atoms with Crippen molar-refractivity contribution in [3.8, 4) is 0 Å². The summed E-state index contributed by atoms with van der Waals surface area (Å²) in [7, 11) is -1.75. The van der Waals surface area contributed by atoms with E-state index in [0.717, 1.165) is 6.07 Å². The van der Waals surface area contributed by atoms with Gasteiger partial charge in [-0.15, -0.1) is 0 Å². The highest BCUT2D eigenvalue weighted by molar-refractivity contribution is 8.00. The van der Waals surface area contributed by atoms with Crippen LogP contribution in [0.15, 0.2) is 12.1 Å². The van der Waals surface area contributed by atoms with E-state index in [0.29, 0.717) is 13.0 Å². The van der Waals surface area contributed by atoms with E-state index in [-0.39, 0.29) is 10.6 Å². The average Bonchev–Trinajstić information content (AvgIpc) is 2.23. The zero-order valence-corrected chi connectivity index (χ0v) is 10.6. The molecule has 2 atom stereocenters. The fourth-order valence-corrected chi connectivity index (χ4v) is 3.06. The van der Waals surface area contributed by atoms with Crippen molar-refractivity contribution in [2.24, 2.45) is 0 Å². The van der Waals surface area contributed by atoms with Gasteiger partial charge in [-0.3, -0.25) is 0 Å². The Kier molecular flexibility index (Phi) is 3.93. The summed E-state index contributed by atoms with van der Waals surface area (Å²) in [5, 5.41) is -0.121. The normalized spacial score (nSPS) is 25.7. The molecule has 88 valence electrons.